The number of aromatic nitrogens is 4. The molecule has 0 saturated heterocycles. The normalized spacial score (nSPS) is 16.9. The first-order valence-electron chi connectivity index (χ1n) is 9.11. The summed E-state index contributed by atoms with van der Waals surface area (Å²) in [4.78, 5) is 27.8. The highest BCUT2D eigenvalue weighted by Gasteiger charge is 2.22. The highest BCUT2D eigenvalue weighted by Crippen LogP contribution is 2.23. The van der Waals surface area contributed by atoms with E-state index in [2.05, 4.69) is 15.4 Å². The number of aromatic amines is 1. The number of amides is 1. The number of nitrogens with zero attached hydrogens (tertiary/aromatic N) is 3. The monoisotopic (exact) mass is 371 g/mol. The van der Waals surface area contributed by atoms with E-state index in [0.717, 1.165) is 34.4 Å². The molecule has 4 rings (SSSR count). The first-order chi connectivity index (χ1) is 12.9. The molecule has 1 aliphatic heterocycles. The largest absolute Gasteiger partial charge is 0.358 e. The second-order valence-corrected chi connectivity index (χ2v) is 7.16. The summed E-state index contributed by atoms with van der Waals surface area (Å²) in [7, 11) is 1.65. The van der Waals surface area contributed by atoms with Crippen molar-refractivity contribution in [2.24, 2.45) is 7.05 Å². The van der Waals surface area contributed by atoms with E-state index in [1.54, 1.807) is 17.7 Å². The smallest absolute Gasteiger partial charge is 0.345 e. The zero-order chi connectivity index (χ0) is 19.1. The van der Waals surface area contributed by atoms with Crippen molar-refractivity contribution in [2.75, 3.05) is 0 Å². The van der Waals surface area contributed by atoms with Crippen LogP contribution in [0.4, 0.5) is 4.39 Å². The Labute approximate surface area is 155 Å². The number of H-pyrrole nitrogens is 1. The molecule has 8 heteroatoms. The van der Waals surface area contributed by atoms with Gasteiger partial charge in [-0.25, -0.2) is 13.9 Å². The van der Waals surface area contributed by atoms with Crippen LogP contribution in [0.15, 0.2) is 23.0 Å². The van der Waals surface area contributed by atoms with Gasteiger partial charge < -0.3 is 10.3 Å². The number of nitrogens with one attached hydrogen (secondary N) is 2. The Morgan fingerprint density at radius 2 is 2.22 bits per heavy atom. The molecule has 1 aromatic carbocycles. The van der Waals surface area contributed by atoms with Crippen molar-refractivity contribution in [2.45, 2.75) is 45.2 Å². The van der Waals surface area contributed by atoms with Crippen molar-refractivity contribution in [1.82, 2.24) is 24.6 Å². The van der Waals surface area contributed by atoms with Crippen LogP contribution in [0.5, 0.6) is 0 Å². The van der Waals surface area contributed by atoms with Crippen molar-refractivity contribution in [1.29, 1.82) is 0 Å². The predicted molar refractivity (Wildman–Crippen MR) is 99.0 cm³/mol. The van der Waals surface area contributed by atoms with Crippen LogP contribution in [0.1, 0.15) is 29.9 Å². The number of rotatable bonds is 3. The van der Waals surface area contributed by atoms with Crippen LogP contribution in [0.25, 0.3) is 10.9 Å². The Kier molecular flexibility index (Phi) is 4.33. The Balaban J connectivity index is 1.45. The summed E-state index contributed by atoms with van der Waals surface area (Å²) in [5.41, 5.74) is 2.40. The molecular formula is C19H22FN5O2. The predicted octanol–water partition coefficient (Wildman–Crippen LogP) is 1.57. The number of halogens is 1. The fraction of sp³-hybridized carbons (Fsp3) is 0.421. The van der Waals surface area contributed by atoms with Gasteiger partial charge in [-0.15, -0.1) is 0 Å². The standard InChI is InChI=1S/C19H22FN5O2/c1-11-14(15-9-12(20)3-5-16(15)21-11)10-18(26)22-13-4-6-17-23-24(2)19(27)25(17)8-7-13/h3,5,9,13,21H,4,6-8,10H2,1-2H3,(H,22,26). The van der Waals surface area contributed by atoms with Crippen molar-refractivity contribution in [3.05, 3.63) is 51.6 Å². The molecule has 1 atom stereocenters. The lowest BCUT2D eigenvalue weighted by atomic mass is 10.1. The molecule has 0 saturated carbocycles. The molecule has 2 aromatic heterocycles. The molecule has 27 heavy (non-hydrogen) atoms. The minimum Gasteiger partial charge on any atom is -0.358 e. The van der Waals surface area contributed by atoms with Gasteiger partial charge in [0, 0.05) is 42.7 Å². The van der Waals surface area contributed by atoms with Crippen LogP contribution in [-0.2, 0) is 31.2 Å². The van der Waals surface area contributed by atoms with Crippen LogP contribution in [0.3, 0.4) is 0 Å². The molecule has 3 heterocycles. The molecule has 2 N–H and O–H groups in total. The minimum atomic E-state index is -0.317. The summed E-state index contributed by atoms with van der Waals surface area (Å²) in [6, 6.07) is 4.54. The van der Waals surface area contributed by atoms with Gasteiger partial charge in [-0.3, -0.25) is 9.36 Å². The van der Waals surface area contributed by atoms with E-state index in [9.17, 15) is 14.0 Å². The van der Waals surface area contributed by atoms with E-state index in [0.29, 0.717) is 19.4 Å². The van der Waals surface area contributed by atoms with Crippen LogP contribution in [0, 0.1) is 12.7 Å². The highest BCUT2D eigenvalue weighted by molar-refractivity contribution is 5.90. The zero-order valence-corrected chi connectivity index (χ0v) is 15.4. The van der Waals surface area contributed by atoms with Gasteiger partial charge in [0.25, 0.3) is 0 Å². The van der Waals surface area contributed by atoms with Crippen molar-refractivity contribution < 1.29 is 9.18 Å². The van der Waals surface area contributed by atoms with E-state index in [-0.39, 0.29) is 29.9 Å². The first-order valence-corrected chi connectivity index (χ1v) is 9.11. The average Bonchev–Trinajstić information content (AvgIpc) is 2.98. The van der Waals surface area contributed by atoms with E-state index < -0.39 is 0 Å². The maximum atomic E-state index is 13.6. The molecule has 1 aliphatic rings. The Hall–Kier alpha value is -2.90. The summed E-state index contributed by atoms with van der Waals surface area (Å²) in [6.45, 7) is 2.44. The van der Waals surface area contributed by atoms with Gasteiger partial charge in [-0.05, 0) is 43.5 Å². The van der Waals surface area contributed by atoms with Gasteiger partial charge in [-0.2, -0.15) is 5.10 Å². The van der Waals surface area contributed by atoms with Gasteiger partial charge in [0.2, 0.25) is 5.91 Å². The molecule has 1 unspecified atom stereocenters. The zero-order valence-electron chi connectivity index (χ0n) is 15.4. The molecule has 0 fully saturated rings. The van der Waals surface area contributed by atoms with Crippen molar-refractivity contribution in [3.8, 4) is 0 Å². The molecule has 1 amide bonds. The number of hydrogen-bond donors (Lipinski definition) is 2. The van der Waals surface area contributed by atoms with Gasteiger partial charge in [0.1, 0.15) is 11.6 Å². The average molecular weight is 371 g/mol. The molecule has 142 valence electrons. The number of carbonyl (C=O) groups is 1. The fourth-order valence-corrected chi connectivity index (χ4v) is 3.86. The molecule has 0 aliphatic carbocycles. The van der Waals surface area contributed by atoms with Crippen molar-refractivity contribution >= 4 is 16.8 Å². The molecule has 0 bridgehead atoms. The third-order valence-electron chi connectivity index (χ3n) is 5.29. The van der Waals surface area contributed by atoms with Crippen molar-refractivity contribution in [3.63, 3.8) is 0 Å². The second-order valence-electron chi connectivity index (χ2n) is 7.16. The number of aryl methyl sites for hydroxylation is 3. The summed E-state index contributed by atoms with van der Waals surface area (Å²) in [6.07, 6.45) is 2.27. The lowest BCUT2D eigenvalue weighted by Gasteiger charge is -2.16. The molecule has 0 spiro atoms. The lowest BCUT2D eigenvalue weighted by Crippen LogP contribution is -2.36. The van der Waals surface area contributed by atoms with Crippen LogP contribution < -0.4 is 11.0 Å². The number of fused-ring (bicyclic) bond motifs is 2. The molecule has 7 nitrogen and oxygen atoms in total. The summed E-state index contributed by atoms with van der Waals surface area (Å²) >= 11 is 0. The Bertz CT molecular complexity index is 1080. The van der Waals surface area contributed by atoms with Gasteiger partial charge in [0.05, 0.1) is 6.42 Å². The third kappa shape index (κ3) is 3.27. The molecular weight excluding hydrogens is 349 g/mol. The lowest BCUT2D eigenvalue weighted by molar-refractivity contribution is -0.121. The van der Waals surface area contributed by atoms with E-state index >= 15 is 0 Å². The second kappa shape index (κ2) is 6.68. The van der Waals surface area contributed by atoms with E-state index in [1.165, 1.54) is 16.8 Å². The van der Waals surface area contributed by atoms with Gasteiger partial charge in [-0.1, -0.05) is 0 Å². The maximum Gasteiger partial charge on any atom is 0.345 e. The Morgan fingerprint density at radius 3 is 3.04 bits per heavy atom. The van der Waals surface area contributed by atoms with Crippen LogP contribution >= 0.6 is 0 Å². The number of carbonyl (C=O) groups excluding carboxylic acids is 1. The fourth-order valence-electron chi connectivity index (χ4n) is 3.86. The van der Waals surface area contributed by atoms with E-state index in [4.69, 9.17) is 0 Å². The van der Waals surface area contributed by atoms with E-state index in [1.807, 2.05) is 6.92 Å². The number of hydrogen-bond acceptors (Lipinski definition) is 3. The van der Waals surface area contributed by atoms with Gasteiger partial charge in [0.15, 0.2) is 0 Å². The molecule has 3 aromatic rings. The topological polar surface area (TPSA) is 84.7 Å². The summed E-state index contributed by atoms with van der Waals surface area (Å²) < 4.78 is 16.6. The summed E-state index contributed by atoms with van der Waals surface area (Å²) in [5, 5.41) is 8.06. The molecule has 0 radical (unpaired) electrons. The SMILES string of the molecule is Cc1[nH]c2ccc(F)cc2c1CC(=O)NC1CCc2nn(C)c(=O)n2CC1. The summed E-state index contributed by atoms with van der Waals surface area (Å²) in [5.74, 6) is 0.353. The maximum absolute atomic E-state index is 13.6. The number of benzene rings is 1. The van der Waals surface area contributed by atoms with Crippen LogP contribution in [0.2, 0.25) is 0 Å². The third-order valence-corrected chi connectivity index (χ3v) is 5.29. The highest BCUT2D eigenvalue weighted by atomic mass is 19.1. The quantitative estimate of drug-likeness (QED) is 0.733. The Morgan fingerprint density at radius 1 is 1.41 bits per heavy atom. The van der Waals surface area contributed by atoms with Gasteiger partial charge >= 0.3 is 5.69 Å². The minimum absolute atomic E-state index is 0.00819. The van der Waals surface area contributed by atoms with Crippen LogP contribution in [-0.4, -0.2) is 31.3 Å². The first kappa shape index (κ1) is 17.5.